The molecule has 0 aromatic heterocycles. The molecule has 60 valence electrons. The van der Waals surface area contributed by atoms with Crippen LogP contribution < -0.4 is 0 Å². The van der Waals surface area contributed by atoms with Crippen LogP contribution >= 0.6 is 0 Å². The van der Waals surface area contributed by atoms with Crippen molar-refractivity contribution in [2.24, 2.45) is 0 Å². The summed E-state index contributed by atoms with van der Waals surface area (Å²) in [6, 6.07) is 7.99. The van der Waals surface area contributed by atoms with Gasteiger partial charge in [0.05, 0.1) is 5.56 Å². The Labute approximate surface area is 73.0 Å². The molecule has 0 radical (unpaired) electrons. The Morgan fingerprint density at radius 2 is 2.17 bits per heavy atom. The molecule has 1 rings (SSSR count). The second-order valence-corrected chi connectivity index (χ2v) is 2.89. The molecule has 1 heteroatoms. The second kappa shape index (κ2) is 3.23. The van der Waals surface area contributed by atoms with Crippen molar-refractivity contribution >= 4 is 5.57 Å². The van der Waals surface area contributed by atoms with E-state index in [0.717, 1.165) is 22.3 Å². The van der Waals surface area contributed by atoms with E-state index in [1.807, 2.05) is 32.0 Å². The van der Waals surface area contributed by atoms with Crippen LogP contribution in [0.3, 0.4) is 0 Å². The molecule has 0 unspecified atom stereocenters. The molecule has 0 aliphatic heterocycles. The summed E-state index contributed by atoms with van der Waals surface area (Å²) < 4.78 is 0. The SMILES string of the molecule is C=C(C)c1cccc(C)c1C#N. The van der Waals surface area contributed by atoms with E-state index in [1.54, 1.807) is 0 Å². The average Bonchev–Trinajstić information content (AvgIpc) is 2.03. The van der Waals surface area contributed by atoms with Gasteiger partial charge < -0.3 is 0 Å². The molecule has 0 N–H and O–H groups in total. The zero-order valence-electron chi connectivity index (χ0n) is 7.39. The summed E-state index contributed by atoms with van der Waals surface area (Å²) in [5, 5.41) is 8.86. The molecule has 0 bridgehead atoms. The standard InChI is InChI=1S/C11H11N/c1-8(2)10-6-4-5-9(3)11(10)7-12/h4-6H,1H2,2-3H3. The van der Waals surface area contributed by atoms with Crippen molar-refractivity contribution in [3.63, 3.8) is 0 Å². The fourth-order valence-electron chi connectivity index (χ4n) is 1.17. The van der Waals surface area contributed by atoms with Gasteiger partial charge in [-0.3, -0.25) is 0 Å². The van der Waals surface area contributed by atoms with E-state index in [1.165, 1.54) is 0 Å². The van der Waals surface area contributed by atoms with Gasteiger partial charge in [-0.2, -0.15) is 5.26 Å². The molecule has 12 heavy (non-hydrogen) atoms. The van der Waals surface area contributed by atoms with E-state index >= 15 is 0 Å². The molecule has 0 saturated carbocycles. The number of allylic oxidation sites excluding steroid dienone is 1. The molecule has 0 spiro atoms. The van der Waals surface area contributed by atoms with Gasteiger partial charge in [0.25, 0.3) is 0 Å². The van der Waals surface area contributed by atoms with Crippen molar-refractivity contribution in [3.05, 3.63) is 41.5 Å². The fraction of sp³-hybridized carbons (Fsp3) is 0.182. The fourth-order valence-corrected chi connectivity index (χ4v) is 1.17. The van der Waals surface area contributed by atoms with Crippen molar-refractivity contribution in [3.8, 4) is 6.07 Å². The maximum absolute atomic E-state index is 8.86. The monoisotopic (exact) mass is 157 g/mol. The Hall–Kier alpha value is -1.55. The second-order valence-electron chi connectivity index (χ2n) is 2.89. The minimum Gasteiger partial charge on any atom is -0.192 e. The van der Waals surface area contributed by atoms with E-state index in [-0.39, 0.29) is 0 Å². The molecule has 0 saturated heterocycles. The predicted molar refractivity (Wildman–Crippen MR) is 50.6 cm³/mol. The molecule has 0 aliphatic carbocycles. The minimum atomic E-state index is 0.741. The number of aryl methyl sites for hydroxylation is 1. The number of nitrogens with zero attached hydrogens (tertiary/aromatic N) is 1. The zero-order chi connectivity index (χ0) is 9.14. The van der Waals surface area contributed by atoms with Crippen LogP contribution in [-0.4, -0.2) is 0 Å². The van der Waals surface area contributed by atoms with Gasteiger partial charge in [0.15, 0.2) is 0 Å². The maximum atomic E-state index is 8.86. The Balaban J connectivity index is 3.40. The molecule has 1 nitrogen and oxygen atoms in total. The molecule has 0 fully saturated rings. The van der Waals surface area contributed by atoms with E-state index in [2.05, 4.69) is 12.6 Å². The van der Waals surface area contributed by atoms with Crippen LogP contribution in [0.1, 0.15) is 23.6 Å². The molecular formula is C11H11N. The van der Waals surface area contributed by atoms with E-state index in [4.69, 9.17) is 5.26 Å². The first-order chi connectivity index (χ1) is 5.66. The third-order valence-corrected chi connectivity index (χ3v) is 1.84. The number of benzene rings is 1. The van der Waals surface area contributed by atoms with Gasteiger partial charge in [0.1, 0.15) is 6.07 Å². The van der Waals surface area contributed by atoms with Crippen LogP contribution in [0.5, 0.6) is 0 Å². The lowest BCUT2D eigenvalue weighted by molar-refractivity contribution is 1.37. The third-order valence-electron chi connectivity index (χ3n) is 1.84. The number of nitriles is 1. The van der Waals surface area contributed by atoms with Gasteiger partial charge in [-0.05, 0) is 30.5 Å². The molecule has 0 amide bonds. The van der Waals surface area contributed by atoms with Crippen molar-refractivity contribution in [2.45, 2.75) is 13.8 Å². The average molecular weight is 157 g/mol. The number of hydrogen-bond donors (Lipinski definition) is 0. The quantitative estimate of drug-likeness (QED) is 0.615. The van der Waals surface area contributed by atoms with Crippen molar-refractivity contribution in [2.75, 3.05) is 0 Å². The minimum absolute atomic E-state index is 0.741. The van der Waals surface area contributed by atoms with E-state index in [0.29, 0.717) is 0 Å². The van der Waals surface area contributed by atoms with Crippen LogP contribution in [0.25, 0.3) is 5.57 Å². The number of rotatable bonds is 1. The first kappa shape index (κ1) is 8.55. The molecule has 0 aliphatic rings. The van der Waals surface area contributed by atoms with Gasteiger partial charge in [-0.15, -0.1) is 0 Å². The van der Waals surface area contributed by atoms with Gasteiger partial charge in [0.2, 0.25) is 0 Å². The van der Waals surface area contributed by atoms with Crippen LogP contribution in [0.2, 0.25) is 0 Å². The van der Waals surface area contributed by atoms with Gasteiger partial charge in [-0.25, -0.2) is 0 Å². The van der Waals surface area contributed by atoms with Gasteiger partial charge >= 0.3 is 0 Å². The Kier molecular flexibility index (Phi) is 2.30. The normalized spacial score (nSPS) is 9.08. The van der Waals surface area contributed by atoms with Gasteiger partial charge in [0, 0.05) is 0 Å². The van der Waals surface area contributed by atoms with Gasteiger partial charge in [-0.1, -0.05) is 24.8 Å². The molecule has 0 atom stereocenters. The first-order valence-corrected chi connectivity index (χ1v) is 3.82. The van der Waals surface area contributed by atoms with Crippen molar-refractivity contribution in [1.82, 2.24) is 0 Å². The summed E-state index contributed by atoms with van der Waals surface area (Å²) in [6.07, 6.45) is 0. The predicted octanol–water partition coefficient (Wildman–Crippen LogP) is 2.90. The molecule has 0 heterocycles. The summed E-state index contributed by atoms with van der Waals surface area (Å²) >= 11 is 0. The smallest absolute Gasteiger partial charge is 0.100 e. The topological polar surface area (TPSA) is 23.8 Å². The van der Waals surface area contributed by atoms with Crippen LogP contribution in [-0.2, 0) is 0 Å². The lowest BCUT2D eigenvalue weighted by Crippen LogP contribution is -1.89. The summed E-state index contributed by atoms with van der Waals surface area (Å²) in [7, 11) is 0. The summed E-state index contributed by atoms with van der Waals surface area (Å²) in [5.74, 6) is 0. The van der Waals surface area contributed by atoms with Crippen LogP contribution in [0, 0.1) is 18.3 Å². The highest BCUT2D eigenvalue weighted by atomic mass is 14.2. The zero-order valence-corrected chi connectivity index (χ0v) is 7.39. The molecule has 1 aromatic rings. The molecular weight excluding hydrogens is 146 g/mol. The van der Waals surface area contributed by atoms with E-state index in [9.17, 15) is 0 Å². The summed E-state index contributed by atoms with van der Waals surface area (Å²) in [6.45, 7) is 7.67. The lowest BCUT2D eigenvalue weighted by Gasteiger charge is -2.04. The maximum Gasteiger partial charge on any atom is 0.100 e. The highest BCUT2D eigenvalue weighted by Crippen LogP contribution is 2.19. The van der Waals surface area contributed by atoms with E-state index < -0.39 is 0 Å². The Morgan fingerprint density at radius 1 is 1.50 bits per heavy atom. The lowest BCUT2D eigenvalue weighted by atomic mass is 9.99. The van der Waals surface area contributed by atoms with Crippen molar-refractivity contribution < 1.29 is 0 Å². The first-order valence-electron chi connectivity index (χ1n) is 3.82. The summed E-state index contributed by atoms with van der Waals surface area (Å²) in [5.41, 5.74) is 3.65. The van der Waals surface area contributed by atoms with Crippen LogP contribution in [0.4, 0.5) is 0 Å². The Morgan fingerprint density at radius 3 is 2.58 bits per heavy atom. The molecule has 1 aromatic carbocycles. The Bertz CT molecular complexity index is 356. The summed E-state index contributed by atoms with van der Waals surface area (Å²) in [4.78, 5) is 0. The third kappa shape index (κ3) is 1.38. The van der Waals surface area contributed by atoms with Crippen LogP contribution in [0.15, 0.2) is 24.8 Å². The largest absolute Gasteiger partial charge is 0.192 e. The van der Waals surface area contributed by atoms with Crippen molar-refractivity contribution in [1.29, 1.82) is 5.26 Å². The highest BCUT2D eigenvalue weighted by molar-refractivity contribution is 5.68. The number of hydrogen-bond acceptors (Lipinski definition) is 1. The highest BCUT2D eigenvalue weighted by Gasteiger charge is 2.03.